The fourth-order valence-corrected chi connectivity index (χ4v) is 4.05. The molecule has 0 fully saturated rings. The number of halogens is 1. The number of aromatic nitrogens is 3. The molecule has 3 aromatic rings. The molecule has 9 heteroatoms. The second-order valence-corrected chi connectivity index (χ2v) is 8.35. The first kappa shape index (κ1) is 22.8. The van der Waals surface area contributed by atoms with Gasteiger partial charge in [-0.05, 0) is 44.5 Å². The van der Waals surface area contributed by atoms with E-state index in [0.717, 1.165) is 16.8 Å². The second-order valence-electron chi connectivity index (χ2n) is 7.00. The van der Waals surface area contributed by atoms with Crippen molar-refractivity contribution in [2.24, 2.45) is 0 Å². The molecule has 0 atom stereocenters. The van der Waals surface area contributed by atoms with E-state index < -0.39 is 0 Å². The molecule has 0 radical (unpaired) electrons. The fourth-order valence-electron chi connectivity index (χ4n) is 3.05. The van der Waals surface area contributed by atoms with E-state index in [4.69, 9.17) is 11.6 Å². The van der Waals surface area contributed by atoms with E-state index in [0.29, 0.717) is 28.2 Å². The standard InChI is InChI=1S/C22H24ClN5O2S/c1-4-28-19(12-20(29)24-17-10-9-14(2)11-15(17)3)26-27-22(28)31-13-21(30)25-18-8-6-5-7-16(18)23/h5-11H,4,12-13H2,1-3H3,(H,24,29)(H,25,30). The van der Waals surface area contributed by atoms with Crippen LogP contribution >= 0.6 is 23.4 Å². The minimum Gasteiger partial charge on any atom is -0.325 e. The molecule has 0 aliphatic carbocycles. The predicted molar refractivity (Wildman–Crippen MR) is 125 cm³/mol. The first-order valence-electron chi connectivity index (χ1n) is 9.83. The molecule has 0 bridgehead atoms. The molecule has 1 aromatic heterocycles. The third-order valence-electron chi connectivity index (χ3n) is 4.56. The predicted octanol–water partition coefficient (Wildman–Crippen LogP) is 4.48. The Morgan fingerprint density at radius 1 is 1.03 bits per heavy atom. The van der Waals surface area contributed by atoms with Gasteiger partial charge >= 0.3 is 0 Å². The number of aryl methyl sites for hydroxylation is 2. The van der Waals surface area contributed by atoms with Gasteiger partial charge in [0.05, 0.1) is 22.9 Å². The van der Waals surface area contributed by atoms with Gasteiger partial charge in [-0.15, -0.1) is 10.2 Å². The molecule has 3 rings (SSSR count). The van der Waals surface area contributed by atoms with Gasteiger partial charge in [0, 0.05) is 12.2 Å². The Labute approximate surface area is 190 Å². The van der Waals surface area contributed by atoms with Crippen LogP contribution in [0.1, 0.15) is 23.9 Å². The molecule has 2 aromatic carbocycles. The molecule has 31 heavy (non-hydrogen) atoms. The molecular formula is C22H24ClN5O2S. The summed E-state index contributed by atoms with van der Waals surface area (Å²) in [5.41, 5.74) is 3.49. The molecule has 2 N–H and O–H groups in total. The molecule has 1 heterocycles. The van der Waals surface area contributed by atoms with Gasteiger partial charge in [-0.25, -0.2) is 0 Å². The smallest absolute Gasteiger partial charge is 0.234 e. The number of benzene rings is 2. The average molecular weight is 458 g/mol. The van der Waals surface area contributed by atoms with Crippen molar-refractivity contribution in [1.82, 2.24) is 14.8 Å². The number of hydrogen-bond donors (Lipinski definition) is 2. The van der Waals surface area contributed by atoms with E-state index in [2.05, 4.69) is 20.8 Å². The summed E-state index contributed by atoms with van der Waals surface area (Å²) in [6.07, 6.45) is 0.0978. The monoisotopic (exact) mass is 457 g/mol. The van der Waals surface area contributed by atoms with Gasteiger partial charge in [0.15, 0.2) is 5.16 Å². The van der Waals surface area contributed by atoms with Gasteiger partial charge < -0.3 is 15.2 Å². The van der Waals surface area contributed by atoms with Crippen molar-refractivity contribution in [3.05, 3.63) is 64.4 Å². The van der Waals surface area contributed by atoms with Gasteiger partial charge in [0.2, 0.25) is 11.8 Å². The summed E-state index contributed by atoms with van der Waals surface area (Å²) in [7, 11) is 0. The van der Waals surface area contributed by atoms with Crippen molar-refractivity contribution in [3.63, 3.8) is 0 Å². The Hall–Kier alpha value is -2.84. The minimum absolute atomic E-state index is 0.0978. The number of carbonyl (C=O) groups excluding carboxylic acids is 2. The maximum absolute atomic E-state index is 12.5. The Bertz CT molecular complexity index is 1100. The molecule has 7 nitrogen and oxygen atoms in total. The van der Waals surface area contributed by atoms with Crippen LogP contribution in [0, 0.1) is 13.8 Å². The zero-order valence-corrected chi connectivity index (χ0v) is 19.2. The Morgan fingerprint density at radius 2 is 1.77 bits per heavy atom. The number of amides is 2. The van der Waals surface area contributed by atoms with E-state index >= 15 is 0 Å². The summed E-state index contributed by atoms with van der Waals surface area (Å²) in [5.74, 6) is 0.344. The highest BCUT2D eigenvalue weighted by Gasteiger charge is 2.17. The van der Waals surface area contributed by atoms with Crippen LogP contribution in [-0.4, -0.2) is 32.3 Å². The van der Waals surface area contributed by atoms with Crippen LogP contribution in [0.15, 0.2) is 47.6 Å². The van der Waals surface area contributed by atoms with Crippen molar-refractivity contribution >= 4 is 46.6 Å². The SMILES string of the molecule is CCn1c(CC(=O)Nc2ccc(C)cc2C)nnc1SCC(=O)Nc1ccccc1Cl. The van der Waals surface area contributed by atoms with Crippen LogP contribution in [0.5, 0.6) is 0 Å². The lowest BCUT2D eigenvalue weighted by Gasteiger charge is -2.10. The number of rotatable bonds is 8. The summed E-state index contributed by atoms with van der Waals surface area (Å²) >= 11 is 7.34. The third kappa shape index (κ3) is 6.08. The Morgan fingerprint density at radius 3 is 2.48 bits per heavy atom. The topological polar surface area (TPSA) is 88.9 Å². The molecule has 0 saturated carbocycles. The second kappa shape index (κ2) is 10.5. The molecule has 0 spiro atoms. The summed E-state index contributed by atoms with van der Waals surface area (Å²) in [6, 6.07) is 12.9. The van der Waals surface area contributed by atoms with Crippen LogP contribution in [0.2, 0.25) is 5.02 Å². The van der Waals surface area contributed by atoms with E-state index in [9.17, 15) is 9.59 Å². The molecule has 162 valence electrons. The van der Waals surface area contributed by atoms with Crippen molar-refractivity contribution in [2.45, 2.75) is 38.9 Å². The summed E-state index contributed by atoms with van der Waals surface area (Å²) < 4.78 is 1.84. The normalized spacial score (nSPS) is 10.7. The van der Waals surface area contributed by atoms with E-state index in [-0.39, 0.29) is 24.0 Å². The Kier molecular flexibility index (Phi) is 7.70. The number of carbonyl (C=O) groups is 2. The van der Waals surface area contributed by atoms with Crippen LogP contribution in [0.3, 0.4) is 0 Å². The van der Waals surface area contributed by atoms with Gasteiger partial charge in [-0.1, -0.05) is 53.2 Å². The van der Waals surface area contributed by atoms with Crippen molar-refractivity contribution < 1.29 is 9.59 Å². The summed E-state index contributed by atoms with van der Waals surface area (Å²) in [5, 5.41) is 15.1. The van der Waals surface area contributed by atoms with Crippen molar-refractivity contribution in [3.8, 4) is 0 Å². The zero-order chi connectivity index (χ0) is 22.4. The molecule has 0 aliphatic heterocycles. The summed E-state index contributed by atoms with van der Waals surface area (Å²) in [4.78, 5) is 24.8. The summed E-state index contributed by atoms with van der Waals surface area (Å²) in [6.45, 7) is 6.51. The number of nitrogens with zero attached hydrogens (tertiary/aromatic N) is 3. The largest absolute Gasteiger partial charge is 0.325 e. The lowest BCUT2D eigenvalue weighted by molar-refractivity contribution is -0.116. The van der Waals surface area contributed by atoms with E-state index in [1.54, 1.807) is 24.3 Å². The maximum atomic E-state index is 12.5. The number of thioether (sulfide) groups is 1. The van der Waals surface area contributed by atoms with Gasteiger partial charge in [0.1, 0.15) is 5.82 Å². The lowest BCUT2D eigenvalue weighted by Crippen LogP contribution is -2.18. The van der Waals surface area contributed by atoms with Gasteiger partial charge in [-0.2, -0.15) is 0 Å². The Balaban J connectivity index is 1.60. The molecule has 0 unspecified atom stereocenters. The number of nitrogens with one attached hydrogen (secondary N) is 2. The molecule has 0 saturated heterocycles. The van der Waals surface area contributed by atoms with Crippen molar-refractivity contribution in [2.75, 3.05) is 16.4 Å². The van der Waals surface area contributed by atoms with Crippen LogP contribution in [-0.2, 0) is 22.6 Å². The van der Waals surface area contributed by atoms with Crippen LogP contribution < -0.4 is 10.6 Å². The quantitative estimate of drug-likeness (QED) is 0.487. The number of para-hydroxylation sites is 1. The van der Waals surface area contributed by atoms with Gasteiger partial charge in [0.25, 0.3) is 0 Å². The molecule has 2 amide bonds. The van der Waals surface area contributed by atoms with Crippen molar-refractivity contribution in [1.29, 1.82) is 0 Å². The zero-order valence-electron chi connectivity index (χ0n) is 17.6. The van der Waals surface area contributed by atoms with E-state index in [1.807, 2.05) is 43.5 Å². The van der Waals surface area contributed by atoms with E-state index in [1.165, 1.54) is 11.8 Å². The minimum atomic E-state index is -0.196. The first-order chi connectivity index (χ1) is 14.9. The number of anilines is 2. The van der Waals surface area contributed by atoms with Crippen LogP contribution in [0.25, 0.3) is 0 Å². The molecule has 0 aliphatic rings. The van der Waals surface area contributed by atoms with Gasteiger partial charge in [-0.3, -0.25) is 9.59 Å². The highest BCUT2D eigenvalue weighted by atomic mass is 35.5. The van der Waals surface area contributed by atoms with Crippen LogP contribution in [0.4, 0.5) is 11.4 Å². The fraction of sp³-hybridized carbons (Fsp3) is 0.273. The maximum Gasteiger partial charge on any atom is 0.234 e. The highest BCUT2D eigenvalue weighted by Crippen LogP contribution is 2.22. The highest BCUT2D eigenvalue weighted by molar-refractivity contribution is 7.99. The molecular weight excluding hydrogens is 434 g/mol. The number of hydrogen-bond acceptors (Lipinski definition) is 5. The lowest BCUT2D eigenvalue weighted by atomic mass is 10.1. The first-order valence-corrected chi connectivity index (χ1v) is 11.2. The third-order valence-corrected chi connectivity index (χ3v) is 5.86. The average Bonchev–Trinajstić information content (AvgIpc) is 3.11.